The number of amides is 4. The molecule has 3 fully saturated rings. The maximum absolute atomic E-state index is 13.1. The predicted octanol–water partition coefficient (Wildman–Crippen LogP) is 1.55. The number of rotatable bonds is 3. The second-order valence-corrected chi connectivity index (χ2v) is 11.0. The summed E-state index contributed by atoms with van der Waals surface area (Å²) in [4.78, 5) is 42.4. The Hall–Kier alpha value is -2.66. The normalized spacial score (nSPS) is 20.2. The number of nitrogens with one attached hydrogen (secondary N) is 1. The van der Waals surface area contributed by atoms with Gasteiger partial charge < -0.3 is 20.0 Å². The first-order valence-corrected chi connectivity index (χ1v) is 13.5. The maximum atomic E-state index is 13.1. The molecule has 11 heteroatoms. The maximum Gasteiger partial charge on any atom is 0.321 e. The monoisotopic (exact) mass is 491 g/mol. The van der Waals surface area contributed by atoms with Gasteiger partial charge in [0.2, 0.25) is 10.0 Å². The van der Waals surface area contributed by atoms with E-state index in [4.69, 9.17) is 0 Å². The molecule has 0 unspecified atom stereocenters. The molecule has 10 nitrogen and oxygen atoms in total. The quantitative estimate of drug-likeness (QED) is 0.645. The van der Waals surface area contributed by atoms with E-state index in [1.807, 2.05) is 0 Å². The standard InChI is InChI=1S/C23H33N5O5S/c29-21(25-10-5-6-11-25)22(30)26-14-16-27(17-15-26)23(31)24-19-8-7-9-20(18-19)34(32,33)28-12-3-1-2-4-13-28/h7-9,18H,1-6,10-17H2,(H,24,31). The van der Waals surface area contributed by atoms with Crippen molar-refractivity contribution < 1.29 is 22.8 Å². The molecule has 0 spiro atoms. The van der Waals surface area contributed by atoms with Crippen molar-refractivity contribution in [3.63, 3.8) is 0 Å². The molecule has 3 aliphatic rings. The van der Waals surface area contributed by atoms with Crippen LogP contribution in [0.15, 0.2) is 29.2 Å². The molecule has 0 bridgehead atoms. The first-order valence-electron chi connectivity index (χ1n) is 12.1. The van der Waals surface area contributed by atoms with Crippen LogP contribution in [0.1, 0.15) is 38.5 Å². The highest BCUT2D eigenvalue weighted by atomic mass is 32.2. The minimum atomic E-state index is -3.61. The Kier molecular flexibility index (Phi) is 7.72. The molecule has 4 amide bonds. The van der Waals surface area contributed by atoms with E-state index in [-0.39, 0.29) is 24.0 Å². The number of likely N-dealkylation sites (tertiary alicyclic amines) is 1. The number of nitrogens with zero attached hydrogens (tertiary/aromatic N) is 4. The fraction of sp³-hybridized carbons (Fsp3) is 0.609. The van der Waals surface area contributed by atoms with Gasteiger partial charge in [-0.3, -0.25) is 9.59 Å². The lowest BCUT2D eigenvalue weighted by molar-refractivity contribution is -0.152. The van der Waals surface area contributed by atoms with Crippen molar-refractivity contribution in [3.05, 3.63) is 24.3 Å². The Bertz CT molecular complexity index is 1010. The number of carbonyl (C=O) groups is 3. The zero-order valence-electron chi connectivity index (χ0n) is 19.4. The van der Waals surface area contributed by atoms with Crippen LogP contribution in [0.2, 0.25) is 0 Å². The van der Waals surface area contributed by atoms with Crippen molar-refractivity contribution in [2.45, 2.75) is 43.4 Å². The smallest absolute Gasteiger partial charge is 0.321 e. The summed E-state index contributed by atoms with van der Waals surface area (Å²) in [5.74, 6) is -0.966. The summed E-state index contributed by atoms with van der Waals surface area (Å²) in [6, 6.07) is 5.97. The van der Waals surface area contributed by atoms with Gasteiger partial charge in [-0.1, -0.05) is 18.9 Å². The zero-order valence-corrected chi connectivity index (χ0v) is 20.3. The highest BCUT2D eigenvalue weighted by molar-refractivity contribution is 7.89. The Balaban J connectivity index is 1.33. The van der Waals surface area contributed by atoms with Gasteiger partial charge in [0.1, 0.15) is 0 Å². The summed E-state index contributed by atoms with van der Waals surface area (Å²) in [5, 5.41) is 2.78. The molecular formula is C23H33N5O5S. The van der Waals surface area contributed by atoms with E-state index in [2.05, 4.69) is 5.32 Å². The van der Waals surface area contributed by atoms with E-state index in [0.717, 1.165) is 38.5 Å². The summed E-state index contributed by atoms with van der Waals surface area (Å²) in [7, 11) is -3.61. The average molecular weight is 492 g/mol. The zero-order chi connectivity index (χ0) is 24.1. The van der Waals surface area contributed by atoms with E-state index in [1.165, 1.54) is 15.3 Å². The van der Waals surface area contributed by atoms with Crippen molar-refractivity contribution in [2.24, 2.45) is 0 Å². The van der Waals surface area contributed by atoms with Crippen molar-refractivity contribution in [1.82, 2.24) is 19.0 Å². The first kappa shape index (κ1) is 24.5. The Morgan fingerprint density at radius 1 is 0.676 bits per heavy atom. The van der Waals surface area contributed by atoms with Gasteiger partial charge in [0, 0.05) is 58.0 Å². The fourth-order valence-electron chi connectivity index (χ4n) is 4.67. The van der Waals surface area contributed by atoms with Gasteiger partial charge in [0.05, 0.1) is 4.90 Å². The minimum Gasteiger partial charge on any atom is -0.334 e. The summed E-state index contributed by atoms with van der Waals surface area (Å²) in [6.07, 6.45) is 5.63. The van der Waals surface area contributed by atoms with E-state index >= 15 is 0 Å². The Morgan fingerprint density at radius 2 is 1.21 bits per heavy atom. The number of carbonyl (C=O) groups excluding carboxylic acids is 3. The van der Waals surface area contributed by atoms with Crippen LogP contribution in [0.3, 0.4) is 0 Å². The third-order valence-corrected chi connectivity index (χ3v) is 8.61. The van der Waals surface area contributed by atoms with Crippen LogP contribution >= 0.6 is 0 Å². The van der Waals surface area contributed by atoms with Gasteiger partial charge in [0.15, 0.2) is 0 Å². The molecule has 3 heterocycles. The summed E-state index contributed by atoms with van der Waals surface area (Å²) < 4.78 is 27.7. The molecular weight excluding hydrogens is 458 g/mol. The SMILES string of the molecule is O=C(Nc1cccc(S(=O)(=O)N2CCCCCC2)c1)N1CCN(C(=O)C(=O)N2CCCC2)CC1. The highest BCUT2D eigenvalue weighted by Crippen LogP contribution is 2.23. The van der Waals surface area contributed by atoms with Crippen molar-refractivity contribution in [3.8, 4) is 0 Å². The first-order chi connectivity index (χ1) is 16.4. The largest absolute Gasteiger partial charge is 0.334 e. The molecule has 3 aliphatic heterocycles. The predicted molar refractivity (Wildman–Crippen MR) is 127 cm³/mol. The van der Waals surface area contributed by atoms with E-state index in [1.54, 1.807) is 28.0 Å². The van der Waals surface area contributed by atoms with Gasteiger partial charge in [-0.25, -0.2) is 13.2 Å². The van der Waals surface area contributed by atoms with Crippen molar-refractivity contribution in [2.75, 3.05) is 57.7 Å². The van der Waals surface area contributed by atoms with Crippen molar-refractivity contribution >= 4 is 33.6 Å². The van der Waals surface area contributed by atoms with E-state index < -0.39 is 21.8 Å². The molecule has 186 valence electrons. The molecule has 1 aromatic carbocycles. The molecule has 1 aromatic rings. The number of urea groups is 1. The molecule has 0 atom stereocenters. The number of piperazine rings is 1. The van der Waals surface area contributed by atoms with Crippen LogP contribution in [-0.4, -0.2) is 97.6 Å². The van der Waals surface area contributed by atoms with Gasteiger partial charge in [-0.05, 0) is 43.9 Å². The number of sulfonamides is 1. The van der Waals surface area contributed by atoms with Crippen LogP contribution in [0, 0.1) is 0 Å². The average Bonchev–Trinajstić information content (AvgIpc) is 3.25. The number of hydrogen-bond donors (Lipinski definition) is 1. The lowest BCUT2D eigenvalue weighted by Crippen LogP contribution is -2.54. The Labute approximate surface area is 200 Å². The van der Waals surface area contributed by atoms with Gasteiger partial charge in [-0.2, -0.15) is 4.31 Å². The molecule has 4 rings (SSSR count). The van der Waals surface area contributed by atoms with Gasteiger partial charge in [-0.15, -0.1) is 0 Å². The number of benzene rings is 1. The summed E-state index contributed by atoms with van der Waals surface area (Å²) in [6.45, 7) is 3.46. The second-order valence-electron chi connectivity index (χ2n) is 9.05. The van der Waals surface area contributed by atoms with Crippen LogP contribution in [-0.2, 0) is 19.6 Å². The lowest BCUT2D eigenvalue weighted by Gasteiger charge is -2.35. The molecule has 1 N–H and O–H groups in total. The van der Waals surface area contributed by atoms with E-state index in [9.17, 15) is 22.8 Å². The van der Waals surface area contributed by atoms with Crippen LogP contribution in [0.25, 0.3) is 0 Å². The third kappa shape index (κ3) is 5.52. The molecule has 3 saturated heterocycles. The summed E-state index contributed by atoms with van der Waals surface area (Å²) >= 11 is 0. The van der Waals surface area contributed by atoms with Crippen LogP contribution < -0.4 is 5.32 Å². The topological polar surface area (TPSA) is 110 Å². The van der Waals surface area contributed by atoms with Crippen LogP contribution in [0.5, 0.6) is 0 Å². The minimum absolute atomic E-state index is 0.169. The van der Waals surface area contributed by atoms with E-state index in [0.29, 0.717) is 45.0 Å². The van der Waals surface area contributed by atoms with Crippen molar-refractivity contribution in [1.29, 1.82) is 0 Å². The summed E-state index contributed by atoms with van der Waals surface area (Å²) in [5.41, 5.74) is 0.406. The number of hydrogen-bond acceptors (Lipinski definition) is 5. The highest BCUT2D eigenvalue weighted by Gasteiger charge is 2.32. The van der Waals surface area contributed by atoms with Crippen LogP contribution in [0.4, 0.5) is 10.5 Å². The fourth-order valence-corrected chi connectivity index (χ4v) is 6.23. The molecule has 0 radical (unpaired) electrons. The third-order valence-electron chi connectivity index (χ3n) is 6.72. The molecule has 0 aliphatic carbocycles. The second kappa shape index (κ2) is 10.7. The molecule has 34 heavy (non-hydrogen) atoms. The molecule has 0 aromatic heterocycles. The number of anilines is 1. The molecule has 0 saturated carbocycles. The Morgan fingerprint density at radius 3 is 1.82 bits per heavy atom. The lowest BCUT2D eigenvalue weighted by atomic mass is 10.2. The van der Waals surface area contributed by atoms with Gasteiger partial charge >= 0.3 is 17.8 Å². The van der Waals surface area contributed by atoms with Gasteiger partial charge in [0.25, 0.3) is 0 Å².